The standard InChI is InChI=1S/C9H11N7O3S/c1-3-15-8(17)13-14-9(15)20-6-5(16(18)19)4(2)11-7(10)12-6/h3H2,1-2H3,(H,13,17)(H2,10,11,12). The van der Waals surface area contributed by atoms with Crippen molar-refractivity contribution in [1.82, 2.24) is 24.7 Å². The van der Waals surface area contributed by atoms with E-state index in [-0.39, 0.29) is 27.5 Å². The van der Waals surface area contributed by atoms with Gasteiger partial charge in [0.15, 0.2) is 10.2 Å². The lowest BCUT2D eigenvalue weighted by molar-refractivity contribution is -0.389. The van der Waals surface area contributed by atoms with Gasteiger partial charge in [0.1, 0.15) is 5.69 Å². The molecule has 0 atom stereocenters. The Balaban J connectivity index is 2.53. The molecule has 106 valence electrons. The predicted octanol–water partition coefficient (Wildman–Crippen LogP) is 0.331. The first-order valence-electron chi connectivity index (χ1n) is 5.55. The van der Waals surface area contributed by atoms with Crippen LogP contribution in [0.5, 0.6) is 0 Å². The number of nitrogens with one attached hydrogen (secondary N) is 1. The maximum atomic E-state index is 11.5. The molecule has 2 heterocycles. The summed E-state index contributed by atoms with van der Waals surface area (Å²) in [7, 11) is 0. The van der Waals surface area contributed by atoms with Gasteiger partial charge in [0, 0.05) is 6.54 Å². The lowest BCUT2D eigenvalue weighted by Gasteiger charge is -2.05. The molecule has 2 aromatic rings. The first kappa shape index (κ1) is 14.0. The number of nitrogens with zero attached hydrogens (tertiary/aromatic N) is 5. The second-order valence-electron chi connectivity index (χ2n) is 3.74. The summed E-state index contributed by atoms with van der Waals surface area (Å²) in [6.45, 7) is 3.61. The highest BCUT2D eigenvalue weighted by atomic mass is 32.2. The van der Waals surface area contributed by atoms with Crippen molar-refractivity contribution >= 4 is 23.4 Å². The summed E-state index contributed by atoms with van der Waals surface area (Å²) in [5, 5.41) is 17.5. The summed E-state index contributed by atoms with van der Waals surface area (Å²) in [6.07, 6.45) is 0. The highest BCUT2D eigenvalue weighted by Gasteiger charge is 2.24. The Morgan fingerprint density at radius 3 is 2.80 bits per heavy atom. The van der Waals surface area contributed by atoms with Crippen molar-refractivity contribution < 1.29 is 4.92 Å². The molecular weight excluding hydrogens is 286 g/mol. The maximum absolute atomic E-state index is 11.5. The topological polar surface area (TPSA) is 146 Å². The van der Waals surface area contributed by atoms with Gasteiger partial charge in [-0.15, -0.1) is 5.10 Å². The molecule has 0 spiro atoms. The minimum absolute atomic E-state index is 0.0497. The molecule has 0 aromatic carbocycles. The van der Waals surface area contributed by atoms with Crippen molar-refractivity contribution in [1.29, 1.82) is 0 Å². The van der Waals surface area contributed by atoms with Gasteiger partial charge in [0.2, 0.25) is 5.95 Å². The quantitative estimate of drug-likeness (QED) is 0.466. The second-order valence-corrected chi connectivity index (χ2v) is 4.69. The van der Waals surface area contributed by atoms with Gasteiger partial charge in [-0.3, -0.25) is 14.7 Å². The van der Waals surface area contributed by atoms with Crippen LogP contribution in [-0.2, 0) is 6.54 Å². The predicted molar refractivity (Wildman–Crippen MR) is 70.5 cm³/mol. The summed E-state index contributed by atoms with van der Waals surface area (Å²) in [4.78, 5) is 29.6. The fraction of sp³-hybridized carbons (Fsp3) is 0.333. The van der Waals surface area contributed by atoms with Gasteiger partial charge in [-0.25, -0.2) is 14.9 Å². The van der Waals surface area contributed by atoms with Crippen molar-refractivity contribution in [3.8, 4) is 0 Å². The van der Waals surface area contributed by atoms with Gasteiger partial charge in [0.05, 0.1) is 4.92 Å². The molecule has 0 saturated heterocycles. The highest BCUT2D eigenvalue weighted by Crippen LogP contribution is 2.33. The van der Waals surface area contributed by atoms with E-state index in [1.165, 1.54) is 11.5 Å². The molecule has 0 bridgehead atoms. The van der Waals surface area contributed by atoms with Gasteiger partial charge in [-0.1, -0.05) is 0 Å². The maximum Gasteiger partial charge on any atom is 0.343 e. The van der Waals surface area contributed by atoms with Crippen LogP contribution in [0.15, 0.2) is 15.0 Å². The summed E-state index contributed by atoms with van der Waals surface area (Å²) < 4.78 is 1.34. The molecule has 10 nitrogen and oxygen atoms in total. The van der Waals surface area contributed by atoms with E-state index >= 15 is 0 Å². The normalized spacial score (nSPS) is 10.7. The van der Waals surface area contributed by atoms with E-state index in [9.17, 15) is 14.9 Å². The second kappa shape index (κ2) is 5.28. The first-order chi connectivity index (χ1) is 9.43. The third-order valence-corrected chi connectivity index (χ3v) is 3.43. The molecule has 3 N–H and O–H groups in total. The van der Waals surface area contributed by atoms with Crippen molar-refractivity contribution in [2.45, 2.75) is 30.6 Å². The van der Waals surface area contributed by atoms with Crippen LogP contribution < -0.4 is 11.4 Å². The Morgan fingerprint density at radius 1 is 1.50 bits per heavy atom. The zero-order valence-corrected chi connectivity index (χ0v) is 11.5. The lowest BCUT2D eigenvalue weighted by atomic mass is 10.4. The van der Waals surface area contributed by atoms with Crippen molar-refractivity contribution in [2.24, 2.45) is 0 Å². The monoisotopic (exact) mass is 297 g/mol. The van der Waals surface area contributed by atoms with Gasteiger partial charge >= 0.3 is 11.4 Å². The summed E-state index contributed by atoms with van der Waals surface area (Å²) in [6, 6.07) is 0. The fourth-order valence-corrected chi connectivity index (χ4v) is 2.63. The van der Waals surface area contributed by atoms with Crippen LogP contribution in [0.1, 0.15) is 12.6 Å². The first-order valence-corrected chi connectivity index (χ1v) is 6.37. The van der Waals surface area contributed by atoms with Crippen LogP contribution in [0, 0.1) is 17.0 Å². The molecule has 0 aliphatic carbocycles. The number of nitrogen functional groups attached to an aromatic ring is 1. The average molecular weight is 297 g/mol. The Morgan fingerprint density at radius 2 is 2.20 bits per heavy atom. The third kappa shape index (κ3) is 2.47. The van der Waals surface area contributed by atoms with Crippen LogP contribution in [-0.4, -0.2) is 29.7 Å². The summed E-state index contributed by atoms with van der Waals surface area (Å²) in [5.74, 6) is -0.0727. The van der Waals surface area contributed by atoms with Crippen LogP contribution in [0.3, 0.4) is 0 Å². The highest BCUT2D eigenvalue weighted by molar-refractivity contribution is 7.99. The average Bonchev–Trinajstić information content (AvgIpc) is 2.68. The molecule has 0 amide bonds. The molecule has 11 heteroatoms. The Hall–Kier alpha value is -2.43. The Labute approximate surface area is 116 Å². The Kier molecular flexibility index (Phi) is 3.70. The van der Waals surface area contributed by atoms with Gasteiger partial charge in [0.25, 0.3) is 0 Å². The number of nitrogens with two attached hydrogens (primary N) is 1. The smallest absolute Gasteiger partial charge is 0.343 e. The van der Waals surface area contributed by atoms with Crippen molar-refractivity contribution in [3.63, 3.8) is 0 Å². The number of aromatic amines is 1. The van der Waals surface area contributed by atoms with E-state index in [1.54, 1.807) is 6.92 Å². The molecule has 0 aliphatic heterocycles. The molecule has 0 radical (unpaired) electrons. The zero-order valence-electron chi connectivity index (χ0n) is 10.7. The van der Waals surface area contributed by atoms with E-state index in [0.717, 1.165) is 11.8 Å². The molecule has 20 heavy (non-hydrogen) atoms. The summed E-state index contributed by atoms with van der Waals surface area (Å²) >= 11 is 0.891. The van der Waals surface area contributed by atoms with Crippen molar-refractivity contribution in [3.05, 3.63) is 26.3 Å². The number of rotatable bonds is 4. The third-order valence-electron chi connectivity index (χ3n) is 2.45. The van der Waals surface area contributed by atoms with Crippen LogP contribution >= 0.6 is 11.8 Å². The molecule has 2 aromatic heterocycles. The number of hydrogen-bond donors (Lipinski definition) is 2. The fourth-order valence-electron chi connectivity index (χ4n) is 1.59. The van der Waals surface area contributed by atoms with Gasteiger partial charge in [-0.2, -0.15) is 4.98 Å². The van der Waals surface area contributed by atoms with E-state index in [4.69, 9.17) is 5.73 Å². The molecular formula is C9H11N7O3S. The number of nitro groups is 1. The Bertz CT molecular complexity index is 723. The minimum atomic E-state index is -0.585. The van der Waals surface area contributed by atoms with Gasteiger partial charge in [-0.05, 0) is 25.6 Å². The van der Waals surface area contributed by atoms with Gasteiger partial charge < -0.3 is 5.73 Å². The molecule has 2 rings (SSSR count). The lowest BCUT2D eigenvalue weighted by Crippen LogP contribution is -2.16. The van der Waals surface area contributed by atoms with E-state index < -0.39 is 10.6 Å². The largest absolute Gasteiger partial charge is 0.368 e. The number of H-pyrrole nitrogens is 1. The van der Waals surface area contributed by atoms with E-state index in [2.05, 4.69) is 20.2 Å². The number of anilines is 1. The van der Waals surface area contributed by atoms with Crippen LogP contribution in [0.25, 0.3) is 0 Å². The molecule has 0 fully saturated rings. The molecule has 0 unspecified atom stereocenters. The van der Waals surface area contributed by atoms with Crippen LogP contribution in [0.4, 0.5) is 11.6 Å². The molecule has 0 aliphatic rings. The SMILES string of the molecule is CCn1c(Sc2nc(N)nc(C)c2[N+](=O)[O-])n[nH]c1=O. The van der Waals surface area contributed by atoms with E-state index in [1.807, 2.05) is 0 Å². The van der Waals surface area contributed by atoms with Crippen LogP contribution in [0.2, 0.25) is 0 Å². The number of hydrogen-bond acceptors (Lipinski definition) is 8. The number of aromatic nitrogens is 5. The summed E-state index contributed by atoms with van der Waals surface area (Å²) in [5.41, 5.74) is 5.02. The number of aryl methyl sites for hydroxylation is 1. The molecule has 0 saturated carbocycles. The minimum Gasteiger partial charge on any atom is -0.368 e. The van der Waals surface area contributed by atoms with Crippen molar-refractivity contribution in [2.75, 3.05) is 5.73 Å². The zero-order chi connectivity index (χ0) is 14.9. The van der Waals surface area contributed by atoms with E-state index in [0.29, 0.717) is 6.54 Å².